The normalized spacial score (nSPS) is 25.0. The number of rotatable bonds is 3. The summed E-state index contributed by atoms with van der Waals surface area (Å²) in [6, 6.07) is 0. The summed E-state index contributed by atoms with van der Waals surface area (Å²) < 4.78 is 5.44. The van der Waals surface area contributed by atoms with Crippen molar-refractivity contribution in [1.29, 1.82) is 0 Å². The molecule has 0 aromatic carbocycles. The highest BCUT2D eigenvalue weighted by atomic mass is 32.1. The Kier molecular flexibility index (Phi) is 3.94. The van der Waals surface area contributed by atoms with E-state index in [0.29, 0.717) is 12.5 Å². The molecule has 0 spiro atoms. The summed E-state index contributed by atoms with van der Waals surface area (Å²) in [6.07, 6.45) is 5.24. The lowest BCUT2D eigenvalue weighted by atomic mass is 10.1. The number of carbonyl (C=O) groups excluding carboxylic acids is 1. The molecule has 2 nitrogen and oxygen atoms in total. The van der Waals surface area contributed by atoms with E-state index in [2.05, 4.69) is 12.6 Å². The number of thiol groups is 1. The smallest absolute Gasteiger partial charge is 0.186 e. The molecule has 1 heterocycles. The molecule has 0 bridgehead atoms. The van der Waals surface area contributed by atoms with Crippen LogP contribution >= 0.6 is 12.6 Å². The van der Waals surface area contributed by atoms with E-state index in [-0.39, 0.29) is 5.12 Å². The van der Waals surface area contributed by atoms with Crippen molar-refractivity contribution in [1.82, 2.24) is 0 Å². The zero-order valence-electron chi connectivity index (χ0n) is 6.58. The SMILES string of the molecule is O=C(S)CCC1CCCCO1. The third-order valence-corrected chi connectivity index (χ3v) is 2.18. The van der Waals surface area contributed by atoms with Gasteiger partial charge in [0.2, 0.25) is 0 Å². The fraction of sp³-hybridized carbons (Fsp3) is 0.875. The largest absolute Gasteiger partial charge is 0.378 e. The molecule has 1 fully saturated rings. The van der Waals surface area contributed by atoms with Crippen molar-refractivity contribution in [2.24, 2.45) is 0 Å². The number of ether oxygens (including phenoxy) is 1. The average molecular weight is 174 g/mol. The molecule has 1 aliphatic heterocycles. The molecule has 0 amide bonds. The second kappa shape index (κ2) is 4.78. The Bertz CT molecular complexity index is 130. The van der Waals surface area contributed by atoms with E-state index in [1.807, 2.05) is 0 Å². The van der Waals surface area contributed by atoms with Crippen molar-refractivity contribution in [2.75, 3.05) is 6.61 Å². The van der Waals surface area contributed by atoms with Gasteiger partial charge in [-0.15, -0.1) is 12.6 Å². The molecule has 1 rings (SSSR count). The van der Waals surface area contributed by atoms with Crippen LogP contribution in [0.25, 0.3) is 0 Å². The Morgan fingerprint density at radius 1 is 1.55 bits per heavy atom. The average Bonchev–Trinajstić information content (AvgIpc) is 2.03. The lowest BCUT2D eigenvalue weighted by molar-refractivity contribution is -0.111. The van der Waals surface area contributed by atoms with E-state index < -0.39 is 0 Å². The van der Waals surface area contributed by atoms with Crippen LogP contribution in [0.4, 0.5) is 0 Å². The maximum atomic E-state index is 10.5. The summed E-state index contributed by atoms with van der Waals surface area (Å²) >= 11 is 3.70. The summed E-state index contributed by atoms with van der Waals surface area (Å²) in [5.74, 6) is 0. The molecule has 0 saturated carbocycles. The lowest BCUT2D eigenvalue weighted by Gasteiger charge is -2.21. The first kappa shape index (κ1) is 9.07. The van der Waals surface area contributed by atoms with Crippen molar-refractivity contribution < 1.29 is 9.53 Å². The van der Waals surface area contributed by atoms with E-state index in [0.717, 1.165) is 19.4 Å². The van der Waals surface area contributed by atoms with Crippen LogP contribution in [-0.4, -0.2) is 17.8 Å². The predicted octanol–water partition coefficient (Wildman–Crippen LogP) is 1.79. The zero-order chi connectivity index (χ0) is 8.10. The van der Waals surface area contributed by atoms with Crippen LogP contribution in [0, 0.1) is 0 Å². The van der Waals surface area contributed by atoms with Crippen molar-refractivity contribution in [2.45, 2.75) is 38.2 Å². The van der Waals surface area contributed by atoms with Gasteiger partial charge in [0.15, 0.2) is 5.12 Å². The molecular formula is C8H14O2S. The molecule has 0 aliphatic carbocycles. The summed E-state index contributed by atoms with van der Waals surface area (Å²) in [5, 5.41) is -0.0285. The van der Waals surface area contributed by atoms with E-state index in [4.69, 9.17) is 4.74 Å². The van der Waals surface area contributed by atoms with Crippen LogP contribution in [0.1, 0.15) is 32.1 Å². The van der Waals surface area contributed by atoms with Crippen LogP contribution in [0.3, 0.4) is 0 Å². The highest BCUT2D eigenvalue weighted by Crippen LogP contribution is 2.17. The van der Waals surface area contributed by atoms with Crippen molar-refractivity contribution in [3.8, 4) is 0 Å². The number of hydrogen-bond acceptors (Lipinski definition) is 2. The first-order valence-electron chi connectivity index (χ1n) is 4.12. The minimum atomic E-state index is -0.0285. The summed E-state index contributed by atoms with van der Waals surface area (Å²) in [7, 11) is 0. The molecule has 0 radical (unpaired) electrons. The molecule has 1 saturated heterocycles. The fourth-order valence-corrected chi connectivity index (χ4v) is 1.45. The summed E-state index contributed by atoms with van der Waals surface area (Å²) in [6.45, 7) is 0.866. The highest BCUT2D eigenvalue weighted by molar-refractivity contribution is 7.96. The molecule has 1 unspecified atom stereocenters. The van der Waals surface area contributed by atoms with Gasteiger partial charge in [-0.3, -0.25) is 4.79 Å². The van der Waals surface area contributed by atoms with E-state index in [9.17, 15) is 4.79 Å². The van der Waals surface area contributed by atoms with E-state index in [1.165, 1.54) is 12.8 Å². The molecule has 0 aromatic rings. The van der Waals surface area contributed by atoms with Crippen LogP contribution in [0.5, 0.6) is 0 Å². The van der Waals surface area contributed by atoms with Crippen molar-refractivity contribution >= 4 is 17.7 Å². The van der Waals surface area contributed by atoms with Crippen LogP contribution in [0.2, 0.25) is 0 Å². The van der Waals surface area contributed by atoms with Gasteiger partial charge in [0, 0.05) is 13.0 Å². The van der Waals surface area contributed by atoms with Gasteiger partial charge in [-0.2, -0.15) is 0 Å². The molecule has 64 valence electrons. The predicted molar refractivity (Wildman–Crippen MR) is 46.8 cm³/mol. The lowest BCUT2D eigenvalue weighted by Crippen LogP contribution is -2.19. The molecule has 0 N–H and O–H groups in total. The van der Waals surface area contributed by atoms with E-state index >= 15 is 0 Å². The number of hydrogen-bond donors (Lipinski definition) is 1. The Morgan fingerprint density at radius 3 is 2.91 bits per heavy atom. The molecule has 11 heavy (non-hydrogen) atoms. The third kappa shape index (κ3) is 3.77. The fourth-order valence-electron chi connectivity index (χ4n) is 1.32. The Hall–Kier alpha value is -0.0200. The third-order valence-electron chi connectivity index (χ3n) is 1.95. The Morgan fingerprint density at radius 2 is 2.36 bits per heavy atom. The van der Waals surface area contributed by atoms with Gasteiger partial charge in [-0.1, -0.05) is 0 Å². The number of carbonyl (C=O) groups is 1. The van der Waals surface area contributed by atoms with Gasteiger partial charge in [0.25, 0.3) is 0 Å². The minimum Gasteiger partial charge on any atom is -0.378 e. The topological polar surface area (TPSA) is 26.3 Å². The maximum Gasteiger partial charge on any atom is 0.186 e. The first-order valence-corrected chi connectivity index (χ1v) is 4.57. The zero-order valence-corrected chi connectivity index (χ0v) is 7.48. The Balaban J connectivity index is 2.09. The summed E-state index contributed by atoms with van der Waals surface area (Å²) in [5.41, 5.74) is 0. The minimum absolute atomic E-state index is 0.0285. The van der Waals surface area contributed by atoms with Gasteiger partial charge in [0.1, 0.15) is 0 Å². The quantitative estimate of drug-likeness (QED) is 0.660. The van der Waals surface area contributed by atoms with Crippen molar-refractivity contribution in [3.05, 3.63) is 0 Å². The Labute approximate surface area is 72.7 Å². The van der Waals surface area contributed by atoms with Gasteiger partial charge >= 0.3 is 0 Å². The molecule has 0 aromatic heterocycles. The highest BCUT2D eigenvalue weighted by Gasteiger charge is 2.13. The maximum absolute atomic E-state index is 10.5. The monoisotopic (exact) mass is 174 g/mol. The first-order chi connectivity index (χ1) is 5.29. The van der Waals surface area contributed by atoms with Gasteiger partial charge in [-0.25, -0.2) is 0 Å². The second-order valence-electron chi connectivity index (χ2n) is 2.92. The van der Waals surface area contributed by atoms with E-state index in [1.54, 1.807) is 0 Å². The molecular weight excluding hydrogens is 160 g/mol. The van der Waals surface area contributed by atoms with Gasteiger partial charge < -0.3 is 4.74 Å². The van der Waals surface area contributed by atoms with Crippen LogP contribution < -0.4 is 0 Å². The van der Waals surface area contributed by atoms with Gasteiger partial charge in [0.05, 0.1) is 6.10 Å². The van der Waals surface area contributed by atoms with Crippen LogP contribution in [-0.2, 0) is 9.53 Å². The second-order valence-corrected chi connectivity index (χ2v) is 3.42. The molecule has 1 aliphatic rings. The van der Waals surface area contributed by atoms with Crippen LogP contribution in [0.15, 0.2) is 0 Å². The van der Waals surface area contributed by atoms with Gasteiger partial charge in [-0.05, 0) is 25.7 Å². The summed E-state index contributed by atoms with van der Waals surface area (Å²) in [4.78, 5) is 10.5. The molecule has 3 heteroatoms. The standard InChI is InChI=1S/C8H14O2S/c9-8(11)5-4-7-3-1-2-6-10-7/h7H,1-6H2,(H,9,11). The molecule has 1 atom stereocenters. The van der Waals surface area contributed by atoms with Crippen molar-refractivity contribution in [3.63, 3.8) is 0 Å².